The predicted molar refractivity (Wildman–Crippen MR) is 85.6 cm³/mol. The number of rotatable bonds is 3. The lowest BCUT2D eigenvalue weighted by Gasteiger charge is -2.44. The van der Waals surface area contributed by atoms with E-state index in [2.05, 4.69) is 30.1 Å². The SMILES string of the molecule is Cc1ccc(C)c(NC(=O)CN2C[C@@H](C)OCC2(C)C)c1. The van der Waals surface area contributed by atoms with E-state index in [4.69, 9.17) is 4.74 Å². The molecule has 1 aliphatic rings. The number of carbonyl (C=O) groups excluding carboxylic acids is 1. The van der Waals surface area contributed by atoms with Gasteiger partial charge >= 0.3 is 0 Å². The van der Waals surface area contributed by atoms with Gasteiger partial charge < -0.3 is 10.1 Å². The molecule has 0 aliphatic carbocycles. The lowest BCUT2D eigenvalue weighted by Crippen LogP contribution is -2.57. The zero-order chi connectivity index (χ0) is 15.6. The highest BCUT2D eigenvalue weighted by molar-refractivity contribution is 5.93. The molecular weight excluding hydrogens is 264 g/mol. The lowest BCUT2D eigenvalue weighted by atomic mass is 10.0. The topological polar surface area (TPSA) is 41.6 Å². The molecule has 2 rings (SSSR count). The molecule has 0 radical (unpaired) electrons. The third-order valence-corrected chi connectivity index (χ3v) is 4.06. The molecule has 21 heavy (non-hydrogen) atoms. The molecule has 1 aliphatic heterocycles. The number of hydrogen-bond acceptors (Lipinski definition) is 3. The van der Waals surface area contributed by atoms with Crippen molar-refractivity contribution in [3.8, 4) is 0 Å². The third kappa shape index (κ3) is 4.05. The van der Waals surface area contributed by atoms with Crippen molar-refractivity contribution in [3.05, 3.63) is 29.3 Å². The molecular formula is C17H26N2O2. The molecule has 1 saturated heterocycles. The third-order valence-electron chi connectivity index (χ3n) is 4.06. The normalized spacial score (nSPS) is 22.0. The maximum Gasteiger partial charge on any atom is 0.238 e. The van der Waals surface area contributed by atoms with E-state index < -0.39 is 0 Å². The largest absolute Gasteiger partial charge is 0.375 e. The van der Waals surface area contributed by atoms with Crippen LogP contribution in [0, 0.1) is 13.8 Å². The zero-order valence-corrected chi connectivity index (χ0v) is 13.7. The van der Waals surface area contributed by atoms with Gasteiger partial charge in [0.15, 0.2) is 0 Å². The first-order chi connectivity index (χ1) is 9.78. The molecule has 1 N–H and O–H groups in total. The molecule has 0 unspecified atom stereocenters. The first-order valence-corrected chi connectivity index (χ1v) is 7.52. The second-order valence-electron chi connectivity index (χ2n) is 6.68. The van der Waals surface area contributed by atoms with Crippen LogP contribution in [0.5, 0.6) is 0 Å². The van der Waals surface area contributed by atoms with Gasteiger partial charge in [-0.1, -0.05) is 12.1 Å². The number of amides is 1. The molecule has 0 aromatic heterocycles. The van der Waals surface area contributed by atoms with Crippen molar-refractivity contribution in [1.29, 1.82) is 0 Å². The molecule has 1 amide bonds. The minimum Gasteiger partial charge on any atom is -0.375 e. The molecule has 1 heterocycles. The number of carbonyl (C=O) groups is 1. The summed E-state index contributed by atoms with van der Waals surface area (Å²) in [6.45, 7) is 12.2. The number of nitrogens with one attached hydrogen (secondary N) is 1. The van der Waals surface area contributed by atoms with Gasteiger partial charge in [0.1, 0.15) is 0 Å². The molecule has 1 aromatic carbocycles. The van der Waals surface area contributed by atoms with Gasteiger partial charge in [0.25, 0.3) is 0 Å². The predicted octanol–water partition coefficient (Wildman–Crippen LogP) is 2.74. The summed E-state index contributed by atoms with van der Waals surface area (Å²) in [7, 11) is 0. The Labute approximate surface area is 127 Å². The van der Waals surface area contributed by atoms with Gasteiger partial charge in [-0.25, -0.2) is 0 Å². The molecule has 1 fully saturated rings. The minimum absolute atomic E-state index is 0.0332. The van der Waals surface area contributed by atoms with E-state index in [0.29, 0.717) is 13.2 Å². The number of anilines is 1. The van der Waals surface area contributed by atoms with Crippen molar-refractivity contribution < 1.29 is 9.53 Å². The first-order valence-electron chi connectivity index (χ1n) is 7.52. The second kappa shape index (κ2) is 6.16. The Morgan fingerprint density at radius 1 is 1.43 bits per heavy atom. The lowest BCUT2D eigenvalue weighted by molar-refractivity contribution is -0.126. The van der Waals surface area contributed by atoms with Crippen LogP contribution in [0.25, 0.3) is 0 Å². The molecule has 0 spiro atoms. The number of nitrogens with zero attached hydrogens (tertiary/aromatic N) is 1. The van der Waals surface area contributed by atoms with Gasteiger partial charge in [0, 0.05) is 17.8 Å². The summed E-state index contributed by atoms with van der Waals surface area (Å²) in [5.41, 5.74) is 3.03. The molecule has 0 bridgehead atoms. The fraction of sp³-hybridized carbons (Fsp3) is 0.588. The van der Waals surface area contributed by atoms with Crippen molar-refractivity contribution in [2.75, 3.05) is 25.0 Å². The van der Waals surface area contributed by atoms with E-state index in [1.54, 1.807) is 0 Å². The highest BCUT2D eigenvalue weighted by Crippen LogP contribution is 2.22. The summed E-state index contributed by atoms with van der Waals surface area (Å²) in [5.74, 6) is 0.0332. The van der Waals surface area contributed by atoms with E-state index in [1.807, 2.05) is 32.9 Å². The van der Waals surface area contributed by atoms with E-state index in [0.717, 1.165) is 23.4 Å². The smallest absolute Gasteiger partial charge is 0.238 e. The number of benzene rings is 1. The standard InChI is InChI=1S/C17H26N2O2/c1-12-6-7-13(2)15(8-12)18-16(20)10-19-9-14(3)21-11-17(19,4)5/h6-8,14H,9-11H2,1-5H3,(H,18,20)/t14-/m1/s1. The number of aryl methyl sites for hydroxylation is 2. The van der Waals surface area contributed by atoms with Crippen molar-refractivity contribution in [2.45, 2.75) is 46.3 Å². The van der Waals surface area contributed by atoms with E-state index in [9.17, 15) is 4.79 Å². The number of hydrogen-bond donors (Lipinski definition) is 1. The van der Waals surface area contributed by atoms with Crippen molar-refractivity contribution in [1.82, 2.24) is 4.90 Å². The molecule has 1 aromatic rings. The van der Waals surface area contributed by atoms with Gasteiger partial charge in [-0.2, -0.15) is 0 Å². The van der Waals surface area contributed by atoms with Crippen LogP contribution in [0.2, 0.25) is 0 Å². The number of ether oxygens (including phenoxy) is 1. The molecule has 116 valence electrons. The molecule has 4 nitrogen and oxygen atoms in total. The van der Waals surface area contributed by atoms with E-state index >= 15 is 0 Å². The van der Waals surface area contributed by atoms with Crippen molar-refractivity contribution in [2.24, 2.45) is 0 Å². The van der Waals surface area contributed by atoms with Gasteiger partial charge in [0.2, 0.25) is 5.91 Å². The average molecular weight is 290 g/mol. The monoisotopic (exact) mass is 290 g/mol. The summed E-state index contributed by atoms with van der Waals surface area (Å²) < 4.78 is 5.68. The Morgan fingerprint density at radius 2 is 2.14 bits per heavy atom. The summed E-state index contributed by atoms with van der Waals surface area (Å²) in [6, 6.07) is 6.10. The molecule has 1 atom stereocenters. The van der Waals surface area contributed by atoms with Gasteiger partial charge in [0.05, 0.1) is 19.3 Å². The summed E-state index contributed by atoms with van der Waals surface area (Å²) in [6.07, 6.45) is 0.173. The van der Waals surface area contributed by atoms with Gasteiger partial charge in [-0.05, 0) is 51.8 Å². The Kier molecular flexibility index (Phi) is 4.69. The average Bonchev–Trinajstić information content (AvgIpc) is 2.39. The minimum atomic E-state index is -0.106. The second-order valence-corrected chi connectivity index (χ2v) is 6.68. The Morgan fingerprint density at radius 3 is 2.86 bits per heavy atom. The first kappa shape index (κ1) is 16.0. The quantitative estimate of drug-likeness (QED) is 0.930. The summed E-state index contributed by atoms with van der Waals surface area (Å²) in [5, 5.41) is 3.03. The maximum absolute atomic E-state index is 12.3. The Bertz CT molecular complexity index is 526. The van der Waals surface area contributed by atoms with Crippen LogP contribution in [-0.4, -0.2) is 42.1 Å². The molecule has 4 heteroatoms. The van der Waals surface area contributed by atoms with Gasteiger partial charge in [-0.3, -0.25) is 9.69 Å². The highest BCUT2D eigenvalue weighted by Gasteiger charge is 2.34. The summed E-state index contributed by atoms with van der Waals surface area (Å²) in [4.78, 5) is 14.5. The van der Waals surface area contributed by atoms with Crippen LogP contribution in [0.3, 0.4) is 0 Å². The Balaban J connectivity index is 2.02. The van der Waals surface area contributed by atoms with Crippen LogP contribution in [0.15, 0.2) is 18.2 Å². The van der Waals surface area contributed by atoms with Crippen molar-refractivity contribution in [3.63, 3.8) is 0 Å². The maximum atomic E-state index is 12.3. The summed E-state index contributed by atoms with van der Waals surface area (Å²) >= 11 is 0. The Hall–Kier alpha value is -1.39. The van der Waals surface area contributed by atoms with Gasteiger partial charge in [-0.15, -0.1) is 0 Å². The van der Waals surface area contributed by atoms with Crippen LogP contribution >= 0.6 is 0 Å². The van der Waals surface area contributed by atoms with E-state index in [-0.39, 0.29) is 17.6 Å². The van der Waals surface area contributed by atoms with Crippen LogP contribution in [0.4, 0.5) is 5.69 Å². The highest BCUT2D eigenvalue weighted by atomic mass is 16.5. The fourth-order valence-corrected chi connectivity index (χ4v) is 2.56. The van der Waals surface area contributed by atoms with Crippen molar-refractivity contribution >= 4 is 11.6 Å². The fourth-order valence-electron chi connectivity index (χ4n) is 2.56. The van der Waals surface area contributed by atoms with Crippen LogP contribution in [-0.2, 0) is 9.53 Å². The molecule has 0 saturated carbocycles. The van der Waals surface area contributed by atoms with Crippen LogP contribution < -0.4 is 5.32 Å². The van der Waals surface area contributed by atoms with Crippen LogP contribution in [0.1, 0.15) is 31.9 Å². The number of morpholine rings is 1. The van der Waals surface area contributed by atoms with E-state index in [1.165, 1.54) is 0 Å². The zero-order valence-electron chi connectivity index (χ0n) is 13.7.